The van der Waals surface area contributed by atoms with E-state index in [4.69, 9.17) is 0 Å². The van der Waals surface area contributed by atoms with Gasteiger partial charge in [-0.2, -0.15) is 13.2 Å². The SMILES string of the molecule is CC1=C(C)C(C)C2Nc3c1cc(C(F)(F)F)c1nccc(c31)C2C. The van der Waals surface area contributed by atoms with Gasteiger partial charge in [0.05, 0.1) is 16.8 Å². The van der Waals surface area contributed by atoms with E-state index >= 15 is 0 Å². The van der Waals surface area contributed by atoms with E-state index in [1.165, 1.54) is 12.3 Å². The number of hydrogen-bond donors (Lipinski definition) is 1. The van der Waals surface area contributed by atoms with Crippen molar-refractivity contribution in [2.75, 3.05) is 5.32 Å². The molecule has 2 aliphatic heterocycles. The lowest BCUT2D eigenvalue weighted by molar-refractivity contribution is -0.136. The van der Waals surface area contributed by atoms with E-state index in [0.717, 1.165) is 22.4 Å². The fourth-order valence-corrected chi connectivity index (χ4v) is 4.27. The zero-order valence-electron chi connectivity index (χ0n) is 14.0. The van der Waals surface area contributed by atoms with Gasteiger partial charge in [-0.15, -0.1) is 0 Å². The summed E-state index contributed by atoms with van der Waals surface area (Å²) in [4.78, 5) is 4.09. The summed E-state index contributed by atoms with van der Waals surface area (Å²) in [7, 11) is 0. The number of halogens is 3. The number of pyridine rings is 1. The van der Waals surface area contributed by atoms with Crippen LogP contribution < -0.4 is 5.32 Å². The van der Waals surface area contributed by atoms with Crippen molar-refractivity contribution in [3.05, 3.63) is 40.6 Å². The lowest BCUT2D eigenvalue weighted by Gasteiger charge is -2.36. The molecule has 2 aromatic rings. The molecule has 2 nitrogen and oxygen atoms in total. The first-order chi connectivity index (χ1) is 11.2. The summed E-state index contributed by atoms with van der Waals surface area (Å²) in [5.41, 5.74) is 3.91. The van der Waals surface area contributed by atoms with Crippen LogP contribution >= 0.6 is 0 Å². The first-order valence-electron chi connectivity index (χ1n) is 8.19. The molecule has 3 atom stereocenters. The Morgan fingerprint density at radius 1 is 1.12 bits per heavy atom. The molecule has 2 aliphatic rings. The van der Waals surface area contributed by atoms with Gasteiger partial charge in [0.25, 0.3) is 0 Å². The molecule has 4 rings (SSSR count). The first-order valence-corrected chi connectivity index (χ1v) is 8.19. The maximum absolute atomic E-state index is 13.7. The Bertz CT molecular complexity index is 896. The monoisotopic (exact) mass is 332 g/mol. The number of hydrogen-bond acceptors (Lipinski definition) is 2. The highest BCUT2D eigenvalue weighted by Gasteiger charge is 2.40. The third-order valence-corrected chi connectivity index (χ3v) is 5.91. The van der Waals surface area contributed by atoms with Gasteiger partial charge in [-0.3, -0.25) is 4.98 Å². The highest BCUT2D eigenvalue weighted by Crippen LogP contribution is 2.50. The van der Waals surface area contributed by atoms with E-state index in [1.54, 1.807) is 0 Å². The average molecular weight is 332 g/mol. The van der Waals surface area contributed by atoms with Crippen molar-refractivity contribution in [1.29, 1.82) is 0 Å². The fourth-order valence-electron chi connectivity index (χ4n) is 4.27. The smallest absolute Gasteiger partial charge is 0.380 e. The van der Waals surface area contributed by atoms with Crippen LogP contribution in [0.4, 0.5) is 18.9 Å². The van der Waals surface area contributed by atoms with Crippen molar-refractivity contribution in [2.45, 2.75) is 45.8 Å². The minimum absolute atomic E-state index is 0.0524. The minimum atomic E-state index is -4.42. The van der Waals surface area contributed by atoms with Gasteiger partial charge in [-0.05, 0) is 43.0 Å². The first kappa shape index (κ1) is 15.5. The Morgan fingerprint density at radius 2 is 1.83 bits per heavy atom. The molecule has 0 aliphatic carbocycles. The second-order valence-corrected chi connectivity index (χ2v) is 7.02. The molecule has 3 heterocycles. The fraction of sp³-hybridized carbons (Fsp3) is 0.421. The molecule has 5 heteroatoms. The minimum Gasteiger partial charge on any atom is -0.380 e. The lowest BCUT2D eigenvalue weighted by Crippen LogP contribution is -2.35. The molecule has 1 N–H and O–H groups in total. The molecular weight excluding hydrogens is 313 g/mol. The van der Waals surface area contributed by atoms with Crippen LogP contribution in [0.5, 0.6) is 0 Å². The number of alkyl halides is 3. The van der Waals surface area contributed by atoms with E-state index in [2.05, 4.69) is 24.1 Å². The van der Waals surface area contributed by atoms with E-state index < -0.39 is 11.7 Å². The summed E-state index contributed by atoms with van der Waals surface area (Å²) in [6, 6.07) is 3.32. The largest absolute Gasteiger partial charge is 0.418 e. The van der Waals surface area contributed by atoms with Crippen LogP contribution in [0.2, 0.25) is 0 Å². The third kappa shape index (κ3) is 1.87. The molecule has 0 saturated heterocycles. The number of benzene rings is 1. The molecule has 2 bridgehead atoms. The molecule has 0 saturated carbocycles. The van der Waals surface area contributed by atoms with Gasteiger partial charge >= 0.3 is 6.18 Å². The summed E-state index contributed by atoms with van der Waals surface area (Å²) >= 11 is 0. The topological polar surface area (TPSA) is 24.9 Å². The zero-order valence-corrected chi connectivity index (χ0v) is 14.0. The summed E-state index contributed by atoms with van der Waals surface area (Å²) in [5.74, 6) is 0.369. The van der Waals surface area contributed by atoms with Crippen molar-refractivity contribution in [1.82, 2.24) is 4.98 Å². The Hall–Kier alpha value is -2.04. The Morgan fingerprint density at radius 3 is 2.50 bits per heavy atom. The van der Waals surface area contributed by atoms with E-state index in [-0.39, 0.29) is 23.4 Å². The quantitative estimate of drug-likeness (QED) is 0.680. The summed E-state index contributed by atoms with van der Waals surface area (Å²) in [5, 5.41) is 4.16. The molecule has 0 amide bonds. The van der Waals surface area contributed by atoms with Gasteiger partial charge in [-0.1, -0.05) is 19.4 Å². The lowest BCUT2D eigenvalue weighted by atomic mass is 9.79. The maximum Gasteiger partial charge on any atom is 0.418 e. The zero-order chi connectivity index (χ0) is 17.4. The van der Waals surface area contributed by atoms with Crippen LogP contribution in [0.15, 0.2) is 23.9 Å². The number of rotatable bonds is 0. The Labute approximate surface area is 138 Å². The second-order valence-electron chi connectivity index (χ2n) is 7.02. The predicted octanol–water partition coefficient (Wildman–Crippen LogP) is 5.59. The van der Waals surface area contributed by atoms with Crippen LogP contribution in [0, 0.1) is 5.92 Å². The number of fused-ring (bicyclic) bond motifs is 1. The van der Waals surface area contributed by atoms with Crippen molar-refractivity contribution >= 4 is 22.2 Å². The Kier molecular flexibility index (Phi) is 3.06. The molecule has 0 spiro atoms. The summed E-state index contributed by atoms with van der Waals surface area (Å²) < 4.78 is 41.0. The molecule has 24 heavy (non-hydrogen) atoms. The van der Waals surface area contributed by atoms with Crippen LogP contribution in [0.1, 0.15) is 50.3 Å². The van der Waals surface area contributed by atoms with Crippen LogP contribution in [-0.4, -0.2) is 11.0 Å². The van der Waals surface area contributed by atoms with E-state index in [9.17, 15) is 13.2 Å². The van der Waals surface area contributed by atoms with Crippen molar-refractivity contribution in [3.8, 4) is 0 Å². The average Bonchev–Trinajstić information content (AvgIpc) is 2.61. The van der Waals surface area contributed by atoms with Crippen LogP contribution in [-0.2, 0) is 6.18 Å². The predicted molar refractivity (Wildman–Crippen MR) is 90.0 cm³/mol. The maximum atomic E-state index is 13.7. The van der Waals surface area contributed by atoms with Gasteiger partial charge < -0.3 is 5.32 Å². The number of anilines is 1. The third-order valence-electron chi connectivity index (χ3n) is 5.91. The molecule has 0 radical (unpaired) electrons. The van der Waals surface area contributed by atoms with Gasteiger partial charge in [0, 0.05) is 29.1 Å². The van der Waals surface area contributed by atoms with E-state index in [1.807, 2.05) is 19.9 Å². The highest BCUT2D eigenvalue weighted by molar-refractivity contribution is 6.04. The van der Waals surface area contributed by atoms with Gasteiger partial charge in [0.2, 0.25) is 0 Å². The normalized spacial score (nSPS) is 25.9. The molecule has 3 unspecified atom stereocenters. The standard InChI is InChI=1S/C19H19F3N2/c1-8-9(2)13-7-14(19(20,21)22)18-15-12(5-6-23-18)11(4)16(10(8)3)24-17(13)15/h5-7,10-11,16,24H,1-4H3. The van der Waals surface area contributed by atoms with Gasteiger partial charge in [0.1, 0.15) is 0 Å². The number of nitrogens with zero attached hydrogens (tertiary/aromatic N) is 1. The number of nitrogens with one attached hydrogen (secondary N) is 1. The van der Waals surface area contributed by atoms with Gasteiger partial charge in [0.15, 0.2) is 0 Å². The van der Waals surface area contributed by atoms with Crippen LogP contribution in [0.3, 0.4) is 0 Å². The number of allylic oxidation sites excluding steroid dienone is 1. The Balaban J connectivity index is 2.22. The number of aromatic nitrogens is 1. The summed E-state index contributed by atoms with van der Waals surface area (Å²) in [6.07, 6.45) is -2.92. The van der Waals surface area contributed by atoms with E-state index in [0.29, 0.717) is 10.9 Å². The second kappa shape index (κ2) is 4.74. The van der Waals surface area contributed by atoms with Crippen LogP contribution in [0.25, 0.3) is 16.5 Å². The summed E-state index contributed by atoms with van der Waals surface area (Å²) in [6.45, 7) is 8.18. The highest BCUT2D eigenvalue weighted by atomic mass is 19.4. The molecule has 0 fully saturated rings. The van der Waals surface area contributed by atoms with Crippen molar-refractivity contribution in [3.63, 3.8) is 0 Å². The van der Waals surface area contributed by atoms with Gasteiger partial charge in [-0.25, -0.2) is 0 Å². The van der Waals surface area contributed by atoms with Crippen molar-refractivity contribution in [2.24, 2.45) is 5.92 Å². The molecule has 1 aromatic heterocycles. The molecule has 1 aromatic carbocycles. The molecular formula is C19H19F3N2. The van der Waals surface area contributed by atoms with Crippen molar-refractivity contribution < 1.29 is 13.2 Å². The molecule has 126 valence electrons.